The quantitative estimate of drug-likeness (QED) is 0.785. The number of fused-ring (bicyclic) bond motifs is 2. The Bertz CT molecular complexity index is 507. The molecule has 2 atom stereocenters. The molecule has 1 aliphatic carbocycles. The fourth-order valence-corrected chi connectivity index (χ4v) is 3.11. The zero-order chi connectivity index (χ0) is 13.6. The maximum Gasteiger partial charge on any atom is 0.256 e. The molecule has 3 rings (SSSR count). The number of rotatable bonds is 1. The molecule has 2 unspecified atom stereocenters. The molecule has 2 aliphatic heterocycles. The number of carbonyl (C=O) groups is 1. The highest BCUT2D eigenvalue weighted by atomic mass is 16.5. The SMILES string of the molecule is COC1C2CCCC=C2N(O)C=C2C=C(C)C(=O)N21. The van der Waals surface area contributed by atoms with Crippen molar-refractivity contribution in [3.05, 3.63) is 35.3 Å². The Kier molecular flexibility index (Phi) is 2.95. The predicted octanol–water partition coefficient (Wildman–Crippen LogP) is 1.98. The average Bonchev–Trinajstić information content (AvgIpc) is 2.62. The van der Waals surface area contributed by atoms with Gasteiger partial charge in [0.15, 0.2) is 0 Å². The summed E-state index contributed by atoms with van der Waals surface area (Å²) >= 11 is 0. The van der Waals surface area contributed by atoms with E-state index in [1.807, 2.05) is 6.08 Å². The molecule has 0 bridgehead atoms. The summed E-state index contributed by atoms with van der Waals surface area (Å²) in [6.07, 6.45) is 7.96. The Morgan fingerprint density at radius 1 is 1.47 bits per heavy atom. The van der Waals surface area contributed by atoms with Crippen molar-refractivity contribution < 1.29 is 14.7 Å². The molecule has 0 saturated carbocycles. The van der Waals surface area contributed by atoms with Gasteiger partial charge >= 0.3 is 0 Å². The van der Waals surface area contributed by atoms with E-state index in [9.17, 15) is 10.0 Å². The van der Waals surface area contributed by atoms with E-state index < -0.39 is 0 Å². The van der Waals surface area contributed by atoms with E-state index in [0.717, 1.165) is 30.0 Å². The third-order valence-electron chi connectivity index (χ3n) is 4.01. The summed E-state index contributed by atoms with van der Waals surface area (Å²) in [5, 5.41) is 11.3. The molecule has 0 saturated heterocycles. The molecule has 0 fully saturated rings. The molecule has 0 aromatic heterocycles. The lowest BCUT2D eigenvalue weighted by atomic mass is 9.90. The summed E-state index contributed by atoms with van der Waals surface area (Å²) in [7, 11) is 1.61. The van der Waals surface area contributed by atoms with Crippen molar-refractivity contribution in [3.8, 4) is 0 Å². The van der Waals surface area contributed by atoms with Crippen molar-refractivity contribution in [1.29, 1.82) is 0 Å². The third-order valence-corrected chi connectivity index (χ3v) is 4.01. The molecule has 102 valence electrons. The van der Waals surface area contributed by atoms with E-state index in [4.69, 9.17) is 4.74 Å². The van der Waals surface area contributed by atoms with E-state index in [1.54, 1.807) is 31.2 Å². The van der Waals surface area contributed by atoms with Crippen molar-refractivity contribution in [3.63, 3.8) is 0 Å². The molecule has 5 nitrogen and oxygen atoms in total. The molecule has 3 aliphatic rings. The summed E-state index contributed by atoms with van der Waals surface area (Å²) < 4.78 is 5.57. The van der Waals surface area contributed by atoms with Gasteiger partial charge in [0.1, 0.15) is 6.23 Å². The first-order chi connectivity index (χ1) is 9.13. The third kappa shape index (κ3) is 1.81. The van der Waals surface area contributed by atoms with Gasteiger partial charge in [-0.25, -0.2) is 5.06 Å². The number of methoxy groups -OCH3 is 1. The minimum atomic E-state index is -0.351. The topological polar surface area (TPSA) is 53.0 Å². The highest BCUT2D eigenvalue weighted by Crippen LogP contribution is 2.39. The second kappa shape index (κ2) is 4.51. The van der Waals surface area contributed by atoms with Crippen LogP contribution >= 0.6 is 0 Å². The van der Waals surface area contributed by atoms with Crippen LogP contribution in [0.5, 0.6) is 0 Å². The molecule has 0 radical (unpaired) electrons. The van der Waals surface area contributed by atoms with Gasteiger partial charge in [0, 0.05) is 24.3 Å². The van der Waals surface area contributed by atoms with Gasteiger partial charge in [-0.3, -0.25) is 14.9 Å². The van der Waals surface area contributed by atoms with E-state index >= 15 is 0 Å². The number of hydrogen-bond acceptors (Lipinski definition) is 4. The van der Waals surface area contributed by atoms with E-state index in [2.05, 4.69) is 0 Å². The lowest BCUT2D eigenvalue weighted by Gasteiger charge is -2.35. The maximum atomic E-state index is 12.3. The Hall–Kier alpha value is -1.59. The highest BCUT2D eigenvalue weighted by Gasteiger charge is 2.42. The molecule has 19 heavy (non-hydrogen) atoms. The number of hydroxylamine groups is 2. The smallest absolute Gasteiger partial charge is 0.256 e. The summed E-state index contributed by atoms with van der Waals surface area (Å²) in [5.74, 6) is -0.0286. The first-order valence-electron chi connectivity index (χ1n) is 6.58. The minimum Gasteiger partial charge on any atom is -0.360 e. The molecule has 1 N–H and O–H groups in total. The van der Waals surface area contributed by atoms with Crippen molar-refractivity contribution >= 4 is 5.91 Å². The molecule has 5 heteroatoms. The molecule has 1 amide bonds. The standard InChI is InChI=1S/C14H18N2O3/c1-9-7-10-8-15(18)12-6-4-3-5-11(12)14(19-2)16(10)13(9)17/h6-8,11,14,18H,3-5H2,1-2H3. The number of allylic oxidation sites excluding steroid dienone is 2. The van der Waals surface area contributed by atoms with Crippen LogP contribution in [-0.2, 0) is 9.53 Å². The van der Waals surface area contributed by atoms with Gasteiger partial charge in [-0.1, -0.05) is 6.08 Å². The van der Waals surface area contributed by atoms with Crippen LogP contribution in [0.1, 0.15) is 26.2 Å². The Balaban J connectivity index is 2.09. The van der Waals surface area contributed by atoms with Crippen LogP contribution < -0.4 is 0 Å². The van der Waals surface area contributed by atoms with Crippen molar-refractivity contribution in [1.82, 2.24) is 9.96 Å². The lowest BCUT2D eigenvalue weighted by molar-refractivity contribution is -0.138. The van der Waals surface area contributed by atoms with Crippen LogP contribution in [0.4, 0.5) is 0 Å². The summed E-state index contributed by atoms with van der Waals surface area (Å²) in [4.78, 5) is 13.9. The number of hydrogen-bond donors (Lipinski definition) is 1. The fourth-order valence-electron chi connectivity index (χ4n) is 3.11. The summed E-state index contributed by atoms with van der Waals surface area (Å²) in [5.41, 5.74) is 2.19. The van der Waals surface area contributed by atoms with Gasteiger partial charge in [-0.2, -0.15) is 0 Å². The Morgan fingerprint density at radius 2 is 2.26 bits per heavy atom. The van der Waals surface area contributed by atoms with Crippen LogP contribution in [0.3, 0.4) is 0 Å². The predicted molar refractivity (Wildman–Crippen MR) is 68.5 cm³/mol. The lowest BCUT2D eigenvalue weighted by Crippen LogP contribution is -2.43. The van der Waals surface area contributed by atoms with Gasteiger partial charge in [0.05, 0.1) is 11.9 Å². The molecule has 0 spiro atoms. The molecule has 0 aromatic rings. The van der Waals surface area contributed by atoms with Crippen LogP contribution in [0.25, 0.3) is 0 Å². The van der Waals surface area contributed by atoms with Crippen LogP contribution in [0, 0.1) is 5.92 Å². The molecule has 2 heterocycles. The van der Waals surface area contributed by atoms with Gasteiger partial charge in [-0.15, -0.1) is 0 Å². The van der Waals surface area contributed by atoms with E-state index in [1.165, 1.54) is 0 Å². The van der Waals surface area contributed by atoms with Gasteiger partial charge < -0.3 is 4.74 Å². The molecule has 0 aromatic carbocycles. The maximum absolute atomic E-state index is 12.3. The zero-order valence-corrected chi connectivity index (χ0v) is 11.2. The van der Waals surface area contributed by atoms with Crippen LogP contribution in [0.2, 0.25) is 0 Å². The summed E-state index contributed by atoms with van der Waals surface area (Å²) in [6, 6.07) is 0. The number of carbonyl (C=O) groups excluding carboxylic acids is 1. The highest BCUT2D eigenvalue weighted by molar-refractivity contribution is 5.98. The van der Waals surface area contributed by atoms with Crippen molar-refractivity contribution in [2.24, 2.45) is 5.92 Å². The van der Waals surface area contributed by atoms with E-state index in [-0.39, 0.29) is 18.1 Å². The summed E-state index contributed by atoms with van der Waals surface area (Å²) in [6.45, 7) is 1.78. The first kappa shape index (κ1) is 12.4. The van der Waals surface area contributed by atoms with Crippen LogP contribution in [0.15, 0.2) is 35.3 Å². The minimum absolute atomic E-state index is 0.0146. The monoisotopic (exact) mass is 262 g/mol. The molecular weight excluding hydrogens is 244 g/mol. The number of nitrogens with zero attached hydrogens (tertiary/aromatic N) is 2. The van der Waals surface area contributed by atoms with Crippen molar-refractivity contribution in [2.75, 3.05) is 7.11 Å². The second-order valence-electron chi connectivity index (χ2n) is 5.19. The van der Waals surface area contributed by atoms with E-state index in [0.29, 0.717) is 11.3 Å². The number of ether oxygens (including phenoxy) is 1. The Morgan fingerprint density at radius 3 is 3.00 bits per heavy atom. The first-order valence-corrected chi connectivity index (χ1v) is 6.58. The zero-order valence-electron chi connectivity index (χ0n) is 11.2. The van der Waals surface area contributed by atoms with Gasteiger partial charge in [-0.05, 0) is 32.3 Å². The number of amides is 1. The van der Waals surface area contributed by atoms with Gasteiger partial charge in [0.25, 0.3) is 5.91 Å². The van der Waals surface area contributed by atoms with Crippen molar-refractivity contribution in [2.45, 2.75) is 32.4 Å². The Labute approximate surface area is 112 Å². The second-order valence-corrected chi connectivity index (χ2v) is 5.19. The molecular formula is C14H18N2O3. The fraction of sp³-hybridized carbons (Fsp3) is 0.500. The normalized spacial score (nSPS) is 30.3. The average molecular weight is 262 g/mol. The van der Waals surface area contributed by atoms with Gasteiger partial charge in [0.2, 0.25) is 0 Å². The van der Waals surface area contributed by atoms with Crippen LogP contribution in [-0.4, -0.2) is 34.4 Å². The largest absolute Gasteiger partial charge is 0.360 e.